The number of hydrogen-bond donors (Lipinski definition) is 1. The van der Waals surface area contributed by atoms with E-state index >= 15 is 0 Å². The summed E-state index contributed by atoms with van der Waals surface area (Å²) in [5.41, 5.74) is 6.05. The van der Waals surface area contributed by atoms with Crippen molar-refractivity contribution in [3.8, 4) is 17.6 Å². The Morgan fingerprint density at radius 1 is 1.50 bits per heavy atom. The van der Waals surface area contributed by atoms with Crippen LogP contribution in [0.15, 0.2) is 18.2 Å². The molecule has 0 aliphatic rings. The van der Waals surface area contributed by atoms with Crippen molar-refractivity contribution < 1.29 is 9.13 Å². The second-order valence-electron chi connectivity index (χ2n) is 3.49. The summed E-state index contributed by atoms with van der Waals surface area (Å²) < 4.78 is 18.5. The zero-order valence-electron chi connectivity index (χ0n) is 9.59. The molecule has 2 N–H and O–H groups in total. The number of hydrogen-bond acceptors (Lipinski definition) is 2. The lowest BCUT2D eigenvalue weighted by molar-refractivity contribution is 0.386. The van der Waals surface area contributed by atoms with Crippen molar-refractivity contribution in [2.45, 2.75) is 25.8 Å². The predicted molar refractivity (Wildman–Crippen MR) is 62.7 cm³/mol. The van der Waals surface area contributed by atoms with E-state index in [0.717, 1.165) is 12.8 Å². The van der Waals surface area contributed by atoms with Gasteiger partial charge in [0, 0.05) is 0 Å². The van der Waals surface area contributed by atoms with Gasteiger partial charge in [0.1, 0.15) is 0 Å². The Kier molecular flexibility index (Phi) is 4.81. The van der Waals surface area contributed by atoms with Crippen LogP contribution in [0, 0.1) is 17.7 Å². The summed E-state index contributed by atoms with van der Waals surface area (Å²) in [5.74, 6) is 5.34. The summed E-state index contributed by atoms with van der Waals surface area (Å²) in [5, 5.41) is 0. The minimum Gasteiger partial charge on any atom is -0.494 e. The number of rotatable bonds is 3. The van der Waals surface area contributed by atoms with Gasteiger partial charge in [-0.05, 0) is 18.6 Å². The minimum absolute atomic E-state index is 0.199. The summed E-state index contributed by atoms with van der Waals surface area (Å²) >= 11 is 0. The third kappa shape index (κ3) is 3.25. The lowest BCUT2D eigenvalue weighted by atomic mass is 10.1. The Labute approximate surface area is 95.6 Å². The van der Waals surface area contributed by atoms with Crippen molar-refractivity contribution in [3.63, 3.8) is 0 Å². The van der Waals surface area contributed by atoms with Crippen LogP contribution < -0.4 is 10.5 Å². The van der Waals surface area contributed by atoms with E-state index in [2.05, 4.69) is 11.8 Å². The molecule has 3 heteroatoms. The summed E-state index contributed by atoms with van der Waals surface area (Å²) in [4.78, 5) is 0. The number of benzene rings is 1. The van der Waals surface area contributed by atoms with E-state index < -0.39 is 5.82 Å². The van der Waals surface area contributed by atoms with Crippen LogP contribution in [0.25, 0.3) is 0 Å². The standard InChI is InChI=1S/C13H16FNO/c1-3-5-11(15)9-8-10-6-4-7-12(16-2)13(10)14/h4,6-7,11H,3,5,15H2,1-2H3. The van der Waals surface area contributed by atoms with Crippen LogP contribution in [-0.4, -0.2) is 13.2 Å². The molecule has 0 saturated carbocycles. The second kappa shape index (κ2) is 6.14. The third-order valence-electron chi connectivity index (χ3n) is 2.18. The van der Waals surface area contributed by atoms with Gasteiger partial charge in [0.2, 0.25) is 0 Å². The van der Waals surface area contributed by atoms with E-state index in [4.69, 9.17) is 10.5 Å². The normalized spacial score (nSPS) is 11.5. The summed E-state index contributed by atoms with van der Waals surface area (Å²) in [6.45, 7) is 2.04. The summed E-state index contributed by atoms with van der Waals surface area (Å²) in [6.07, 6.45) is 1.79. The van der Waals surface area contributed by atoms with Crippen LogP contribution in [-0.2, 0) is 0 Å². The van der Waals surface area contributed by atoms with E-state index in [9.17, 15) is 4.39 Å². The second-order valence-corrected chi connectivity index (χ2v) is 3.49. The molecule has 0 aliphatic carbocycles. The van der Waals surface area contributed by atoms with Gasteiger partial charge in [-0.1, -0.05) is 31.3 Å². The number of methoxy groups -OCH3 is 1. The largest absolute Gasteiger partial charge is 0.494 e. The molecule has 1 aromatic carbocycles. The van der Waals surface area contributed by atoms with Gasteiger partial charge in [0.05, 0.1) is 18.7 Å². The molecule has 0 heterocycles. The van der Waals surface area contributed by atoms with Gasteiger partial charge in [-0.2, -0.15) is 0 Å². The van der Waals surface area contributed by atoms with E-state index in [0.29, 0.717) is 5.56 Å². The number of nitrogens with two attached hydrogens (primary N) is 1. The average molecular weight is 221 g/mol. The van der Waals surface area contributed by atoms with Gasteiger partial charge >= 0.3 is 0 Å². The van der Waals surface area contributed by atoms with Gasteiger partial charge in [-0.15, -0.1) is 0 Å². The van der Waals surface area contributed by atoms with E-state index in [1.165, 1.54) is 7.11 Å². The molecule has 0 amide bonds. The molecule has 1 atom stereocenters. The monoisotopic (exact) mass is 221 g/mol. The van der Waals surface area contributed by atoms with Crippen LogP contribution in [0.5, 0.6) is 5.75 Å². The smallest absolute Gasteiger partial charge is 0.180 e. The maximum Gasteiger partial charge on any atom is 0.180 e. The van der Waals surface area contributed by atoms with E-state index in [1.807, 2.05) is 6.92 Å². The molecule has 0 fully saturated rings. The Morgan fingerprint density at radius 2 is 2.25 bits per heavy atom. The van der Waals surface area contributed by atoms with Gasteiger partial charge in [0.15, 0.2) is 11.6 Å². The average Bonchev–Trinajstić information content (AvgIpc) is 2.28. The molecule has 0 spiro atoms. The third-order valence-corrected chi connectivity index (χ3v) is 2.18. The predicted octanol–water partition coefficient (Wildman–Crippen LogP) is 2.31. The first kappa shape index (κ1) is 12.5. The zero-order valence-corrected chi connectivity index (χ0v) is 9.59. The van der Waals surface area contributed by atoms with E-state index in [1.54, 1.807) is 18.2 Å². The Morgan fingerprint density at radius 3 is 2.88 bits per heavy atom. The highest BCUT2D eigenvalue weighted by Gasteiger charge is 2.05. The lowest BCUT2D eigenvalue weighted by Crippen LogP contribution is -2.16. The molecule has 0 bridgehead atoms. The molecule has 16 heavy (non-hydrogen) atoms. The van der Waals surface area contributed by atoms with Crippen LogP contribution >= 0.6 is 0 Å². The molecule has 2 nitrogen and oxygen atoms in total. The Bertz CT molecular complexity index is 406. The first-order valence-electron chi connectivity index (χ1n) is 5.28. The van der Waals surface area contributed by atoms with Gasteiger partial charge in [0.25, 0.3) is 0 Å². The SMILES string of the molecule is CCCC(N)C#Cc1cccc(OC)c1F. The highest BCUT2D eigenvalue weighted by molar-refractivity contribution is 5.42. The van der Waals surface area contributed by atoms with Crippen LogP contribution in [0.4, 0.5) is 4.39 Å². The van der Waals surface area contributed by atoms with Crippen LogP contribution in [0.2, 0.25) is 0 Å². The fourth-order valence-electron chi connectivity index (χ4n) is 1.32. The quantitative estimate of drug-likeness (QED) is 0.795. The highest BCUT2D eigenvalue weighted by Crippen LogP contribution is 2.18. The fourth-order valence-corrected chi connectivity index (χ4v) is 1.32. The summed E-state index contributed by atoms with van der Waals surface area (Å²) in [7, 11) is 1.43. The van der Waals surface area contributed by atoms with Crippen LogP contribution in [0.1, 0.15) is 25.3 Å². The molecular formula is C13H16FNO. The van der Waals surface area contributed by atoms with Gasteiger partial charge in [-0.3, -0.25) is 0 Å². The zero-order chi connectivity index (χ0) is 12.0. The molecule has 1 aromatic rings. The summed E-state index contributed by atoms with van der Waals surface area (Å²) in [6, 6.07) is 4.68. The van der Waals surface area contributed by atoms with Crippen molar-refractivity contribution in [2.24, 2.45) is 5.73 Å². The minimum atomic E-state index is -0.429. The maximum absolute atomic E-state index is 13.6. The topological polar surface area (TPSA) is 35.2 Å². The van der Waals surface area contributed by atoms with Crippen molar-refractivity contribution in [2.75, 3.05) is 7.11 Å². The first-order chi connectivity index (χ1) is 7.69. The van der Waals surface area contributed by atoms with Gasteiger partial charge < -0.3 is 10.5 Å². The molecule has 1 rings (SSSR count). The van der Waals surface area contributed by atoms with E-state index in [-0.39, 0.29) is 11.8 Å². The number of ether oxygens (including phenoxy) is 1. The van der Waals surface area contributed by atoms with Crippen LogP contribution in [0.3, 0.4) is 0 Å². The Hall–Kier alpha value is -1.53. The van der Waals surface area contributed by atoms with Crippen molar-refractivity contribution in [3.05, 3.63) is 29.6 Å². The molecule has 1 unspecified atom stereocenters. The van der Waals surface area contributed by atoms with Crippen molar-refractivity contribution in [1.82, 2.24) is 0 Å². The molecule has 0 saturated heterocycles. The molecule has 86 valence electrons. The molecular weight excluding hydrogens is 205 g/mol. The Balaban J connectivity index is 2.88. The molecule has 0 aliphatic heterocycles. The van der Waals surface area contributed by atoms with Crippen molar-refractivity contribution >= 4 is 0 Å². The molecule has 0 radical (unpaired) electrons. The maximum atomic E-state index is 13.6. The van der Waals surface area contributed by atoms with Crippen molar-refractivity contribution in [1.29, 1.82) is 0 Å². The number of halogens is 1. The van der Waals surface area contributed by atoms with Gasteiger partial charge in [-0.25, -0.2) is 4.39 Å². The fraction of sp³-hybridized carbons (Fsp3) is 0.385. The lowest BCUT2D eigenvalue weighted by Gasteiger charge is -2.03. The highest BCUT2D eigenvalue weighted by atomic mass is 19.1. The first-order valence-corrected chi connectivity index (χ1v) is 5.28. The molecule has 0 aromatic heterocycles.